The summed E-state index contributed by atoms with van der Waals surface area (Å²) in [6, 6.07) is 8.70. The summed E-state index contributed by atoms with van der Waals surface area (Å²) < 4.78 is 0. The van der Waals surface area contributed by atoms with Crippen LogP contribution < -0.4 is 5.32 Å². The first-order chi connectivity index (χ1) is 12.4. The van der Waals surface area contributed by atoms with Gasteiger partial charge in [-0.2, -0.15) is 0 Å². The number of amides is 2. The first kappa shape index (κ1) is 20.5. The Balaban J connectivity index is 2.18. The normalized spacial score (nSPS) is 10.8. The molecule has 2 rings (SSSR count). The highest BCUT2D eigenvalue weighted by Gasteiger charge is 2.20. The highest BCUT2D eigenvalue weighted by Crippen LogP contribution is 2.25. The largest absolute Gasteiger partial charge is 0.336 e. The van der Waals surface area contributed by atoms with Crippen molar-refractivity contribution >= 4 is 40.4 Å². The molecule has 1 aromatic heterocycles. The first-order valence-corrected chi connectivity index (χ1v) is 10.1. The van der Waals surface area contributed by atoms with Crippen LogP contribution >= 0.6 is 22.9 Å². The third-order valence-corrected chi connectivity index (χ3v) is 5.29. The van der Waals surface area contributed by atoms with Crippen molar-refractivity contribution in [2.75, 3.05) is 11.9 Å². The molecule has 2 aromatic rings. The van der Waals surface area contributed by atoms with E-state index in [-0.39, 0.29) is 17.9 Å². The maximum atomic E-state index is 12.9. The van der Waals surface area contributed by atoms with Crippen molar-refractivity contribution < 1.29 is 9.59 Å². The van der Waals surface area contributed by atoms with Crippen LogP contribution in [0.1, 0.15) is 60.1 Å². The molecule has 0 aliphatic heterocycles. The number of benzene rings is 1. The van der Waals surface area contributed by atoms with E-state index >= 15 is 0 Å². The van der Waals surface area contributed by atoms with Crippen molar-refractivity contribution in [1.82, 2.24) is 4.90 Å². The van der Waals surface area contributed by atoms with Gasteiger partial charge >= 0.3 is 0 Å². The number of halogens is 1. The van der Waals surface area contributed by atoms with E-state index in [1.165, 1.54) is 11.3 Å². The summed E-state index contributed by atoms with van der Waals surface area (Å²) in [4.78, 5) is 27.7. The minimum Gasteiger partial charge on any atom is -0.336 e. The summed E-state index contributed by atoms with van der Waals surface area (Å²) in [5.74, 6) is -0.269. The lowest BCUT2D eigenvalue weighted by Crippen LogP contribution is -2.37. The van der Waals surface area contributed by atoms with Crippen LogP contribution in [0.25, 0.3) is 0 Å². The molecule has 1 N–H and O–H groups in total. The number of nitrogens with one attached hydrogen (secondary N) is 1. The molecule has 140 valence electrons. The molecule has 0 saturated heterocycles. The van der Waals surface area contributed by atoms with E-state index in [1.807, 2.05) is 30.2 Å². The summed E-state index contributed by atoms with van der Waals surface area (Å²) in [5, 5.41) is 5.05. The van der Waals surface area contributed by atoms with Crippen molar-refractivity contribution in [3.05, 3.63) is 51.2 Å². The Morgan fingerprint density at radius 1 is 1.23 bits per heavy atom. The fourth-order valence-corrected chi connectivity index (χ4v) is 3.42. The van der Waals surface area contributed by atoms with E-state index in [2.05, 4.69) is 12.2 Å². The number of hydrogen-bond acceptors (Lipinski definition) is 3. The van der Waals surface area contributed by atoms with Gasteiger partial charge in [0.05, 0.1) is 15.6 Å². The van der Waals surface area contributed by atoms with Crippen LogP contribution in [0, 0.1) is 0 Å². The van der Waals surface area contributed by atoms with E-state index in [9.17, 15) is 9.59 Å². The molecule has 1 heterocycles. The molecule has 1 aromatic carbocycles. The molecule has 0 aliphatic carbocycles. The van der Waals surface area contributed by atoms with Crippen molar-refractivity contribution in [2.45, 2.75) is 46.1 Å². The zero-order valence-corrected chi connectivity index (χ0v) is 17.0. The summed E-state index contributed by atoms with van der Waals surface area (Å²) in [6.45, 7) is 6.89. The Hall–Kier alpha value is -1.85. The van der Waals surface area contributed by atoms with E-state index in [0.29, 0.717) is 21.2 Å². The second-order valence-corrected chi connectivity index (χ2v) is 7.78. The molecule has 0 aliphatic rings. The first-order valence-electron chi connectivity index (χ1n) is 8.89. The zero-order valence-electron chi connectivity index (χ0n) is 15.4. The van der Waals surface area contributed by atoms with Crippen LogP contribution in [0.15, 0.2) is 35.7 Å². The van der Waals surface area contributed by atoms with Crippen LogP contribution in [-0.2, 0) is 0 Å². The highest BCUT2D eigenvalue weighted by atomic mass is 35.5. The minimum atomic E-state index is -0.227. The van der Waals surface area contributed by atoms with Gasteiger partial charge in [-0.3, -0.25) is 9.59 Å². The Morgan fingerprint density at radius 2 is 2.00 bits per heavy atom. The number of carbonyl (C=O) groups excluding carboxylic acids is 2. The second-order valence-electron chi connectivity index (χ2n) is 6.43. The average molecular weight is 393 g/mol. The lowest BCUT2D eigenvalue weighted by atomic mass is 10.1. The molecule has 2 amide bonds. The van der Waals surface area contributed by atoms with Gasteiger partial charge in [0, 0.05) is 18.2 Å². The van der Waals surface area contributed by atoms with Crippen molar-refractivity contribution in [1.29, 1.82) is 0 Å². The number of nitrogens with zero attached hydrogens (tertiary/aromatic N) is 1. The van der Waals surface area contributed by atoms with Crippen LogP contribution in [0.5, 0.6) is 0 Å². The summed E-state index contributed by atoms with van der Waals surface area (Å²) in [7, 11) is 0. The predicted molar refractivity (Wildman–Crippen MR) is 109 cm³/mol. The fourth-order valence-electron chi connectivity index (χ4n) is 2.64. The van der Waals surface area contributed by atoms with E-state index < -0.39 is 0 Å². The van der Waals surface area contributed by atoms with Gasteiger partial charge in [-0.05, 0) is 49.9 Å². The Kier molecular flexibility index (Phi) is 7.66. The van der Waals surface area contributed by atoms with Gasteiger partial charge < -0.3 is 10.2 Å². The van der Waals surface area contributed by atoms with Gasteiger partial charge in [-0.15, -0.1) is 11.3 Å². The molecule has 26 heavy (non-hydrogen) atoms. The molecule has 0 unspecified atom stereocenters. The summed E-state index contributed by atoms with van der Waals surface area (Å²) in [6.07, 6.45) is 3.19. The Morgan fingerprint density at radius 3 is 2.62 bits per heavy atom. The quantitative estimate of drug-likeness (QED) is 0.586. The van der Waals surface area contributed by atoms with Gasteiger partial charge in [0.15, 0.2) is 0 Å². The molecule has 6 heteroatoms. The number of unbranched alkanes of at least 4 members (excludes halogenated alkanes) is 2. The molecule has 0 saturated carbocycles. The van der Waals surface area contributed by atoms with E-state index in [1.54, 1.807) is 24.3 Å². The number of thiophene rings is 1. The molecule has 0 radical (unpaired) electrons. The maximum Gasteiger partial charge on any atom is 0.265 e. The van der Waals surface area contributed by atoms with E-state index in [0.717, 1.165) is 25.8 Å². The van der Waals surface area contributed by atoms with Crippen LogP contribution in [-0.4, -0.2) is 29.3 Å². The van der Waals surface area contributed by atoms with Gasteiger partial charge in [-0.1, -0.05) is 37.4 Å². The number of carbonyl (C=O) groups is 2. The topological polar surface area (TPSA) is 49.4 Å². The smallest absolute Gasteiger partial charge is 0.265 e. The zero-order chi connectivity index (χ0) is 19.1. The van der Waals surface area contributed by atoms with Crippen molar-refractivity contribution in [3.8, 4) is 0 Å². The monoisotopic (exact) mass is 392 g/mol. The Labute approximate surface area is 164 Å². The van der Waals surface area contributed by atoms with Crippen LogP contribution in [0.3, 0.4) is 0 Å². The van der Waals surface area contributed by atoms with Gasteiger partial charge in [0.1, 0.15) is 0 Å². The predicted octanol–water partition coefficient (Wildman–Crippen LogP) is 5.69. The van der Waals surface area contributed by atoms with E-state index in [4.69, 9.17) is 11.6 Å². The Bertz CT molecular complexity index is 744. The summed E-state index contributed by atoms with van der Waals surface area (Å²) >= 11 is 7.57. The number of rotatable bonds is 8. The molecule has 0 fully saturated rings. The molecular weight excluding hydrogens is 368 g/mol. The lowest BCUT2D eigenvalue weighted by Gasteiger charge is -2.27. The van der Waals surface area contributed by atoms with Crippen LogP contribution in [0.4, 0.5) is 5.69 Å². The second kappa shape index (κ2) is 9.74. The van der Waals surface area contributed by atoms with Gasteiger partial charge in [0.25, 0.3) is 11.8 Å². The summed E-state index contributed by atoms with van der Waals surface area (Å²) in [5.41, 5.74) is 0.981. The minimum absolute atomic E-state index is 0.0422. The third kappa shape index (κ3) is 5.32. The third-order valence-electron chi connectivity index (χ3n) is 4.09. The average Bonchev–Trinajstić information content (AvgIpc) is 3.14. The lowest BCUT2D eigenvalue weighted by molar-refractivity contribution is 0.0702. The molecular formula is C20H25ClN2O2S. The molecule has 4 nitrogen and oxygen atoms in total. The number of anilines is 1. The molecule has 0 spiro atoms. The highest BCUT2D eigenvalue weighted by molar-refractivity contribution is 7.12. The standard InChI is InChI=1S/C20H25ClN2O2S/c1-4-5-6-11-23(14(2)3)20(25)15-9-10-16(21)17(13-15)22-19(24)18-8-7-12-26-18/h7-10,12-14H,4-6,11H2,1-3H3,(H,22,24). The van der Waals surface area contributed by atoms with Gasteiger partial charge in [0.2, 0.25) is 0 Å². The molecule has 0 atom stereocenters. The van der Waals surface area contributed by atoms with Crippen molar-refractivity contribution in [3.63, 3.8) is 0 Å². The van der Waals surface area contributed by atoms with Crippen LogP contribution in [0.2, 0.25) is 5.02 Å². The van der Waals surface area contributed by atoms with Gasteiger partial charge in [-0.25, -0.2) is 0 Å². The molecule has 0 bridgehead atoms. The fraction of sp³-hybridized carbons (Fsp3) is 0.400. The van der Waals surface area contributed by atoms with Crippen molar-refractivity contribution in [2.24, 2.45) is 0 Å². The maximum absolute atomic E-state index is 12.9. The SMILES string of the molecule is CCCCCN(C(=O)c1ccc(Cl)c(NC(=O)c2cccs2)c1)C(C)C. The number of hydrogen-bond donors (Lipinski definition) is 1.